The number of benzene rings is 2. The van der Waals surface area contributed by atoms with E-state index in [1.54, 1.807) is 6.92 Å². The van der Waals surface area contributed by atoms with Gasteiger partial charge in [-0.1, -0.05) is 34.8 Å². The van der Waals surface area contributed by atoms with Crippen LogP contribution < -0.4 is 5.32 Å². The van der Waals surface area contributed by atoms with E-state index in [4.69, 9.17) is 34.8 Å². The van der Waals surface area contributed by atoms with Crippen LogP contribution in [0.1, 0.15) is 18.5 Å². The van der Waals surface area contributed by atoms with Crippen LogP contribution in [0.15, 0.2) is 30.3 Å². The molecule has 0 aliphatic carbocycles. The Morgan fingerprint density at radius 3 is 2.35 bits per heavy atom. The lowest BCUT2D eigenvalue weighted by Crippen LogP contribution is -2.09. The van der Waals surface area contributed by atoms with Gasteiger partial charge in [0.1, 0.15) is 11.6 Å². The Bertz CT molecular complexity index is 647. The van der Waals surface area contributed by atoms with Gasteiger partial charge in [0, 0.05) is 10.0 Å². The van der Waals surface area contributed by atoms with Crippen molar-refractivity contribution in [2.45, 2.75) is 13.0 Å². The largest absolute Gasteiger partial charge is 0.376 e. The van der Waals surface area contributed by atoms with Gasteiger partial charge in [-0.15, -0.1) is 0 Å². The van der Waals surface area contributed by atoms with Gasteiger partial charge in [-0.3, -0.25) is 0 Å². The van der Waals surface area contributed by atoms with Gasteiger partial charge in [0.25, 0.3) is 0 Å². The normalized spacial score (nSPS) is 12.3. The first-order valence-corrected chi connectivity index (χ1v) is 6.88. The Labute approximate surface area is 130 Å². The van der Waals surface area contributed by atoms with E-state index in [9.17, 15) is 8.78 Å². The number of nitrogens with one attached hydrogen (secondary N) is 1. The first kappa shape index (κ1) is 15.4. The van der Waals surface area contributed by atoms with Crippen molar-refractivity contribution in [1.82, 2.24) is 0 Å². The average molecular weight is 337 g/mol. The summed E-state index contributed by atoms with van der Waals surface area (Å²) in [4.78, 5) is 0. The standard InChI is InChI=1S/C14H10Cl3F2N/c1-7(9-5-13(19)11(17)6-10(9)16)20-14-4-8(15)2-3-12(14)18/h2-7,20H,1H3. The topological polar surface area (TPSA) is 12.0 Å². The predicted octanol–water partition coefficient (Wildman–Crippen LogP) is 6.10. The summed E-state index contributed by atoms with van der Waals surface area (Å²) in [6, 6.07) is 6.28. The van der Waals surface area contributed by atoms with Gasteiger partial charge in [0.05, 0.1) is 16.8 Å². The lowest BCUT2D eigenvalue weighted by Gasteiger charge is -2.18. The summed E-state index contributed by atoms with van der Waals surface area (Å²) in [6.45, 7) is 1.73. The molecule has 20 heavy (non-hydrogen) atoms. The fourth-order valence-corrected chi connectivity index (χ4v) is 2.51. The molecule has 2 aromatic rings. The average Bonchev–Trinajstić information content (AvgIpc) is 2.38. The lowest BCUT2D eigenvalue weighted by molar-refractivity contribution is 0.621. The van der Waals surface area contributed by atoms with Crippen LogP contribution in [0.2, 0.25) is 15.1 Å². The minimum Gasteiger partial charge on any atom is -0.376 e. The van der Waals surface area contributed by atoms with E-state index >= 15 is 0 Å². The highest BCUT2D eigenvalue weighted by molar-refractivity contribution is 6.35. The number of anilines is 1. The first-order valence-electron chi connectivity index (χ1n) is 5.74. The molecule has 0 aliphatic rings. The van der Waals surface area contributed by atoms with Gasteiger partial charge < -0.3 is 5.32 Å². The molecular weight excluding hydrogens is 327 g/mol. The van der Waals surface area contributed by atoms with E-state index in [1.807, 2.05) is 0 Å². The predicted molar refractivity (Wildman–Crippen MR) is 79.9 cm³/mol. The molecule has 6 heteroatoms. The fourth-order valence-electron chi connectivity index (χ4n) is 1.79. The number of halogens is 5. The van der Waals surface area contributed by atoms with Crippen LogP contribution in [-0.4, -0.2) is 0 Å². The van der Waals surface area contributed by atoms with E-state index in [2.05, 4.69) is 5.32 Å². The Balaban J connectivity index is 2.30. The molecule has 0 saturated heterocycles. The smallest absolute Gasteiger partial charge is 0.146 e. The maximum atomic E-state index is 13.6. The van der Waals surface area contributed by atoms with Crippen molar-refractivity contribution in [3.63, 3.8) is 0 Å². The quantitative estimate of drug-likeness (QED) is 0.668. The van der Waals surface area contributed by atoms with E-state index < -0.39 is 17.7 Å². The molecule has 1 unspecified atom stereocenters. The third kappa shape index (κ3) is 3.35. The van der Waals surface area contributed by atoms with Crippen LogP contribution in [0.25, 0.3) is 0 Å². The zero-order chi connectivity index (χ0) is 14.9. The van der Waals surface area contributed by atoms with E-state index in [-0.39, 0.29) is 10.7 Å². The Kier molecular flexibility index (Phi) is 4.74. The SMILES string of the molecule is CC(Nc1cc(Cl)ccc1F)c1cc(F)c(Cl)cc1Cl. The highest BCUT2D eigenvalue weighted by Gasteiger charge is 2.15. The van der Waals surface area contributed by atoms with E-state index in [0.29, 0.717) is 15.6 Å². The molecule has 0 heterocycles. The van der Waals surface area contributed by atoms with Crippen molar-refractivity contribution >= 4 is 40.5 Å². The number of hydrogen-bond donors (Lipinski definition) is 1. The van der Waals surface area contributed by atoms with Crippen LogP contribution in [0.3, 0.4) is 0 Å². The fraction of sp³-hybridized carbons (Fsp3) is 0.143. The zero-order valence-corrected chi connectivity index (χ0v) is 12.6. The molecule has 0 aromatic heterocycles. The van der Waals surface area contributed by atoms with Crippen molar-refractivity contribution < 1.29 is 8.78 Å². The third-order valence-corrected chi connectivity index (χ3v) is 3.66. The third-order valence-electron chi connectivity index (χ3n) is 2.81. The van der Waals surface area contributed by atoms with Crippen molar-refractivity contribution in [3.8, 4) is 0 Å². The maximum absolute atomic E-state index is 13.6. The van der Waals surface area contributed by atoms with E-state index in [0.717, 1.165) is 0 Å². The number of rotatable bonds is 3. The number of hydrogen-bond acceptors (Lipinski definition) is 1. The van der Waals surface area contributed by atoms with Gasteiger partial charge in [-0.25, -0.2) is 8.78 Å². The van der Waals surface area contributed by atoms with Crippen molar-refractivity contribution in [2.75, 3.05) is 5.32 Å². The molecule has 1 N–H and O–H groups in total. The van der Waals surface area contributed by atoms with Crippen molar-refractivity contribution in [3.05, 3.63) is 62.6 Å². The molecule has 1 nitrogen and oxygen atoms in total. The Morgan fingerprint density at radius 1 is 0.950 bits per heavy atom. The summed E-state index contributed by atoms with van der Waals surface area (Å²) in [6.07, 6.45) is 0. The molecule has 0 saturated carbocycles. The molecule has 106 valence electrons. The Hall–Kier alpha value is -1.03. The molecular formula is C14H10Cl3F2N. The molecule has 1 atom stereocenters. The summed E-state index contributed by atoms with van der Waals surface area (Å²) >= 11 is 17.5. The monoisotopic (exact) mass is 335 g/mol. The highest BCUT2D eigenvalue weighted by Crippen LogP contribution is 2.31. The molecule has 0 amide bonds. The first-order chi connectivity index (χ1) is 9.38. The molecule has 0 aliphatic heterocycles. The van der Waals surface area contributed by atoms with Crippen molar-refractivity contribution in [1.29, 1.82) is 0 Å². The van der Waals surface area contributed by atoms with E-state index in [1.165, 1.54) is 30.3 Å². The van der Waals surface area contributed by atoms with Gasteiger partial charge >= 0.3 is 0 Å². The summed E-state index contributed by atoms with van der Waals surface area (Å²) in [7, 11) is 0. The molecule has 0 spiro atoms. The molecule has 0 fully saturated rings. The highest BCUT2D eigenvalue weighted by atomic mass is 35.5. The van der Waals surface area contributed by atoms with Gasteiger partial charge in [0.15, 0.2) is 0 Å². The minimum atomic E-state index is -0.578. The molecule has 2 rings (SSSR count). The van der Waals surface area contributed by atoms with Gasteiger partial charge in [-0.05, 0) is 42.8 Å². The maximum Gasteiger partial charge on any atom is 0.146 e. The van der Waals surface area contributed by atoms with Crippen LogP contribution >= 0.6 is 34.8 Å². The zero-order valence-electron chi connectivity index (χ0n) is 10.4. The Morgan fingerprint density at radius 2 is 1.65 bits per heavy atom. The van der Waals surface area contributed by atoms with Gasteiger partial charge in [0.2, 0.25) is 0 Å². The van der Waals surface area contributed by atoms with Crippen molar-refractivity contribution in [2.24, 2.45) is 0 Å². The molecule has 0 radical (unpaired) electrons. The summed E-state index contributed by atoms with van der Waals surface area (Å²) in [5.41, 5.74) is 0.698. The van der Waals surface area contributed by atoms with Crippen LogP contribution in [-0.2, 0) is 0 Å². The molecule has 2 aromatic carbocycles. The van der Waals surface area contributed by atoms with Crippen LogP contribution in [0.5, 0.6) is 0 Å². The summed E-state index contributed by atoms with van der Waals surface area (Å²) in [5.74, 6) is -1.03. The summed E-state index contributed by atoms with van der Waals surface area (Å²) in [5, 5.41) is 3.55. The second-order valence-corrected chi connectivity index (χ2v) is 5.53. The second-order valence-electron chi connectivity index (χ2n) is 4.28. The van der Waals surface area contributed by atoms with Gasteiger partial charge in [-0.2, -0.15) is 0 Å². The minimum absolute atomic E-state index is 0.0557. The van der Waals surface area contributed by atoms with Crippen LogP contribution in [0, 0.1) is 11.6 Å². The van der Waals surface area contributed by atoms with Crippen LogP contribution in [0.4, 0.5) is 14.5 Å². The summed E-state index contributed by atoms with van der Waals surface area (Å²) < 4.78 is 27.1. The second kappa shape index (κ2) is 6.17. The lowest BCUT2D eigenvalue weighted by atomic mass is 10.1. The molecule has 0 bridgehead atoms.